The summed E-state index contributed by atoms with van der Waals surface area (Å²) in [7, 11) is 3.92. The number of benzene rings is 1. The molecule has 1 saturated heterocycles. The number of rotatable bonds is 4. The molecule has 1 aromatic heterocycles. The van der Waals surface area contributed by atoms with E-state index < -0.39 is 11.4 Å². The highest BCUT2D eigenvalue weighted by atomic mass is 16.5. The fourth-order valence-corrected chi connectivity index (χ4v) is 4.09. The molecule has 2 atom stereocenters. The summed E-state index contributed by atoms with van der Waals surface area (Å²) in [4.78, 5) is 20.8. The Kier molecular flexibility index (Phi) is 4.07. The van der Waals surface area contributed by atoms with Gasteiger partial charge in [0, 0.05) is 45.8 Å². The van der Waals surface area contributed by atoms with Crippen molar-refractivity contribution in [3.8, 4) is 5.75 Å². The first kappa shape index (κ1) is 16.8. The fourth-order valence-electron chi connectivity index (χ4n) is 4.09. The second-order valence-electron chi connectivity index (χ2n) is 7.43. The van der Waals surface area contributed by atoms with Gasteiger partial charge in [-0.05, 0) is 23.3 Å². The number of pyridine rings is 1. The van der Waals surface area contributed by atoms with E-state index in [9.17, 15) is 9.90 Å². The van der Waals surface area contributed by atoms with Gasteiger partial charge in [-0.2, -0.15) is 0 Å². The Hall–Kier alpha value is -2.60. The molecular formula is C20H23N3O3. The van der Waals surface area contributed by atoms with Crippen molar-refractivity contribution >= 4 is 11.8 Å². The third kappa shape index (κ3) is 2.70. The van der Waals surface area contributed by atoms with E-state index in [-0.39, 0.29) is 12.5 Å². The highest BCUT2D eigenvalue weighted by molar-refractivity contribution is 5.78. The number of aliphatic carboxylic acids is 1. The molecule has 1 aromatic carbocycles. The van der Waals surface area contributed by atoms with E-state index in [0.717, 1.165) is 22.7 Å². The molecule has 1 fully saturated rings. The topological polar surface area (TPSA) is 65.9 Å². The third-order valence-corrected chi connectivity index (χ3v) is 5.49. The summed E-state index contributed by atoms with van der Waals surface area (Å²) in [6.07, 6.45) is 1.87. The third-order valence-electron chi connectivity index (χ3n) is 5.49. The van der Waals surface area contributed by atoms with Crippen molar-refractivity contribution in [1.82, 2.24) is 9.88 Å². The number of aromatic nitrogens is 1. The maximum atomic E-state index is 12.2. The summed E-state index contributed by atoms with van der Waals surface area (Å²) in [5, 5.41) is 9.98. The minimum Gasteiger partial charge on any atom is -0.492 e. The molecule has 0 saturated carbocycles. The molecule has 2 aromatic rings. The number of para-hydroxylation sites is 1. The van der Waals surface area contributed by atoms with E-state index >= 15 is 0 Å². The zero-order chi connectivity index (χ0) is 18.3. The Morgan fingerprint density at radius 1 is 1.35 bits per heavy atom. The Labute approximate surface area is 153 Å². The van der Waals surface area contributed by atoms with Crippen LogP contribution in [-0.4, -0.2) is 54.8 Å². The molecule has 2 unspecified atom stereocenters. The summed E-state index contributed by atoms with van der Waals surface area (Å²) in [5.74, 6) is 0.890. The quantitative estimate of drug-likeness (QED) is 0.909. The van der Waals surface area contributed by atoms with Crippen LogP contribution in [0.1, 0.15) is 17.0 Å². The van der Waals surface area contributed by atoms with Crippen LogP contribution in [0.4, 0.5) is 5.82 Å². The maximum absolute atomic E-state index is 12.2. The zero-order valence-corrected chi connectivity index (χ0v) is 15.1. The van der Waals surface area contributed by atoms with E-state index in [4.69, 9.17) is 4.74 Å². The molecule has 2 aliphatic heterocycles. The molecule has 4 rings (SSSR count). The Morgan fingerprint density at radius 2 is 2.15 bits per heavy atom. The highest BCUT2D eigenvalue weighted by Crippen LogP contribution is 2.49. The van der Waals surface area contributed by atoms with Gasteiger partial charge in [-0.15, -0.1) is 0 Å². The molecule has 0 amide bonds. The van der Waals surface area contributed by atoms with Gasteiger partial charge >= 0.3 is 5.97 Å². The van der Waals surface area contributed by atoms with Crippen molar-refractivity contribution < 1.29 is 14.6 Å². The first-order valence-electron chi connectivity index (χ1n) is 8.79. The molecule has 0 bridgehead atoms. The Bertz CT molecular complexity index is 821. The normalized spacial score (nSPS) is 24.5. The van der Waals surface area contributed by atoms with Gasteiger partial charge in [0.15, 0.2) is 0 Å². The van der Waals surface area contributed by atoms with E-state index in [1.165, 1.54) is 0 Å². The summed E-state index contributed by atoms with van der Waals surface area (Å²) in [6.45, 7) is 2.10. The van der Waals surface area contributed by atoms with Gasteiger partial charge in [-0.3, -0.25) is 9.69 Å². The standard InChI is InChI=1S/C20H23N3O3/c1-22(2)18-8-7-14(9-21-18)10-23-11-16-15-5-3-4-6-17(15)26-13-20(16,12-23)19(24)25/h3-9,16H,10-13H2,1-2H3,(H,24,25). The van der Waals surface area contributed by atoms with Gasteiger partial charge in [-0.25, -0.2) is 4.98 Å². The number of ether oxygens (including phenoxy) is 1. The van der Waals surface area contributed by atoms with E-state index in [0.29, 0.717) is 19.6 Å². The summed E-state index contributed by atoms with van der Waals surface area (Å²) < 4.78 is 5.82. The maximum Gasteiger partial charge on any atom is 0.315 e. The van der Waals surface area contributed by atoms with Crippen LogP contribution in [0, 0.1) is 5.41 Å². The lowest BCUT2D eigenvalue weighted by atomic mass is 9.73. The number of hydrogen-bond acceptors (Lipinski definition) is 5. The van der Waals surface area contributed by atoms with Gasteiger partial charge in [0.05, 0.1) is 0 Å². The van der Waals surface area contributed by atoms with Crippen molar-refractivity contribution in [2.45, 2.75) is 12.5 Å². The number of carboxylic acids is 1. The van der Waals surface area contributed by atoms with Gasteiger partial charge < -0.3 is 14.7 Å². The zero-order valence-electron chi connectivity index (χ0n) is 15.1. The van der Waals surface area contributed by atoms with Crippen LogP contribution < -0.4 is 9.64 Å². The summed E-state index contributed by atoms with van der Waals surface area (Å²) >= 11 is 0. The molecule has 0 aliphatic carbocycles. The number of anilines is 1. The van der Waals surface area contributed by atoms with Crippen LogP contribution in [0.25, 0.3) is 0 Å². The van der Waals surface area contributed by atoms with Crippen molar-refractivity contribution in [2.75, 3.05) is 38.7 Å². The van der Waals surface area contributed by atoms with Crippen LogP contribution in [0.3, 0.4) is 0 Å². The number of fused-ring (bicyclic) bond motifs is 3. The van der Waals surface area contributed by atoms with Crippen LogP contribution in [0.2, 0.25) is 0 Å². The molecule has 6 nitrogen and oxygen atoms in total. The Morgan fingerprint density at radius 3 is 2.85 bits per heavy atom. The smallest absolute Gasteiger partial charge is 0.315 e. The molecule has 6 heteroatoms. The van der Waals surface area contributed by atoms with E-state index in [2.05, 4.69) is 16.0 Å². The molecule has 2 aliphatic rings. The lowest BCUT2D eigenvalue weighted by molar-refractivity contribution is -0.151. The van der Waals surface area contributed by atoms with Crippen LogP contribution in [0.5, 0.6) is 5.75 Å². The molecule has 0 spiro atoms. The lowest BCUT2D eigenvalue weighted by Crippen LogP contribution is -2.45. The van der Waals surface area contributed by atoms with Crippen molar-refractivity contribution in [3.05, 3.63) is 53.7 Å². The molecular weight excluding hydrogens is 330 g/mol. The minimum atomic E-state index is -0.884. The monoisotopic (exact) mass is 353 g/mol. The average molecular weight is 353 g/mol. The summed E-state index contributed by atoms with van der Waals surface area (Å²) in [6, 6.07) is 11.8. The molecule has 26 heavy (non-hydrogen) atoms. The first-order valence-corrected chi connectivity index (χ1v) is 8.79. The largest absolute Gasteiger partial charge is 0.492 e. The van der Waals surface area contributed by atoms with Gasteiger partial charge in [-0.1, -0.05) is 24.3 Å². The highest BCUT2D eigenvalue weighted by Gasteiger charge is 2.56. The SMILES string of the molecule is CN(C)c1ccc(CN2CC3c4ccccc4OCC3(C(=O)O)C2)cn1. The molecule has 0 radical (unpaired) electrons. The summed E-state index contributed by atoms with van der Waals surface area (Å²) in [5.41, 5.74) is 1.21. The predicted molar refractivity (Wildman–Crippen MR) is 98.6 cm³/mol. The molecule has 3 heterocycles. The van der Waals surface area contributed by atoms with Crippen molar-refractivity contribution in [2.24, 2.45) is 5.41 Å². The number of nitrogens with zero attached hydrogens (tertiary/aromatic N) is 3. The number of hydrogen-bond donors (Lipinski definition) is 1. The second-order valence-corrected chi connectivity index (χ2v) is 7.43. The second kappa shape index (κ2) is 6.29. The van der Waals surface area contributed by atoms with Crippen molar-refractivity contribution in [1.29, 1.82) is 0 Å². The van der Waals surface area contributed by atoms with Crippen molar-refractivity contribution in [3.63, 3.8) is 0 Å². The van der Waals surface area contributed by atoms with Crippen LogP contribution >= 0.6 is 0 Å². The van der Waals surface area contributed by atoms with Gasteiger partial charge in [0.1, 0.15) is 23.6 Å². The fraction of sp³-hybridized carbons (Fsp3) is 0.400. The van der Waals surface area contributed by atoms with E-state index in [1.54, 1.807) is 0 Å². The molecule has 1 N–H and O–H groups in total. The average Bonchev–Trinajstić information content (AvgIpc) is 3.02. The van der Waals surface area contributed by atoms with Gasteiger partial charge in [0.2, 0.25) is 0 Å². The van der Waals surface area contributed by atoms with Gasteiger partial charge in [0.25, 0.3) is 0 Å². The van der Waals surface area contributed by atoms with Crippen LogP contribution in [0.15, 0.2) is 42.6 Å². The van der Waals surface area contributed by atoms with E-state index in [1.807, 2.05) is 55.5 Å². The Balaban J connectivity index is 1.59. The minimum absolute atomic E-state index is 0.0565. The number of likely N-dealkylation sites (tertiary alicyclic amines) is 1. The number of carbonyl (C=O) groups is 1. The first-order chi connectivity index (χ1) is 12.5. The lowest BCUT2D eigenvalue weighted by Gasteiger charge is -2.35. The molecule has 136 valence electrons. The van der Waals surface area contributed by atoms with Crippen LogP contribution in [-0.2, 0) is 11.3 Å². The predicted octanol–water partition coefficient (Wildman–Crippen LogP) is 2.21. The number of carboxylic acid groups (broad SMARTS) is 1.